The van der Waals surface area contributed by atoms with Crippen LogP contribution in [0.2, 0.25) is 0 Å². The highest BCUT2D eigenvalue weighted by atomic mass is 16.5. The molecule has 0 spiro atoms. The summed E-state index contributed by atoms with van der Waals surface area (Å²) in [7, 11) is 1.60. The van der Waals surface area contributed by atoms with Gasteiger partial charge in [-0.1, -0.05) is 6.92 Å². The van der Waals surface area contributed by atoms with Gasteiger partial charge in [0.2, 0.25) is 5.88 Å². The zero-order valence-electron chi connectivity index (χ0n) is 11.5. The molecule has 0 saturated carbocycles. The number of hydrogen-bond acceptors (Lipinski definition) is 5. The molecule has 0 aliphatic carbocycles. The molecular weight excluding hydrogens is 242 g/mol. The number of rotatable bonds is 6. The van der Waals surface area contributed by atoms with Gasteiger partial charge in [0.15, 0.2) is 0 Å². The zero-order chi connectivity index (χ0) is 13.7. The summed E-state index contributed by atoms with van der Waals surface area (Å²) < 4.78 is 10.9. The van der Waals surface area contributed by atoms with Crippen molar-refractivity contribution >= 4 is 0 Å². The molecule has 0 bridgehead atoms. The van der Waals surface area contributed by atoms with Crippen LogP contribution >= 0.6 is 0 Å². The number of hydrogen-bond donors (Lipinski definition) is 1. The lowest BCUT2D eigenvalue weighted by Gasteiger charge is -2.18. The summed E-state index contributed by atoms with van der Waals surface area (Å²) in [5, 5.41) is 3.43. The van der Waals surface area contributed by atoms with Gasteiger partial charge >= 0.3 is 0 Å². The Balaban J connectivity index is 2.40. The van der Waals surface area contributed by atoms with Crippen LogP contribution < -0.4 is 10.1 Å². The van der Waals surface area contributed by atoms with Crippen molar-refractivity contribution in [1.29, 1.82) is 0 Å². The molecule has 2 heterocycles. The number of aromatic nitrogens is 2. The van der Waals surface area contributed by atoms with E-state index >= 15 is 0 Å². The van der Waals surface area contributed by atoms with Crippen LogP contribution in [0.1, 0.15) is 36.4 Å². The van der Waals surface area contributed by atoms with E-state index in [-0.39, 0.29) is 6.04 Å². The van der Waals surface area contributed by atoms with Crippen molar-refractivity contribution in [1.82, 2.24) is 15.3 Å². The fourth-order valence-corrected chi connectivity index (χ4v) is 1.97. The highest BCUT2D eigenvalue weighted by Gasteiger charge is 2.24. The largest absolute Gasteiger partial charge is 0.480 e. The number of nitrogens with zero attached hydrogens (tertiary/aromatic N) is 2. The number of methoxy groups -OCH3 is 1. The lowest BCUT2D eigenvalue weighted by molar-refractivity contribution is 0.371. The predicted molar refractivity (Wildman–Crippen MR) is 72.2 cm³/mol. The summed E-state index contributed by atoms with van der Waals surface area (Å²) in [6.07, 6.45) is 6.00. The highest BCUT2D eigenvalue weighted by molar-refractivity contribution is 5.31. The monoisotopic (exact) mass is 261 g/mol. The van der Waals surface area contributed by atoms with Gasteiger partial charge in [-0.15, -0.1) is 0 Å². The standard InChI is InChI=1S/C14H19N3O2/c1-4-6-15-11(13-10(2)5-9-19-13)12-14(18-3)17-8-7-16-12/h5,7-9,11,15H,4,6H2,1-3H3. The van der Waals surface area contributed by atoms with E-state index in [9.17, 15) is 0 Å². The van der Waals surface area contributed by atoms with Gasteiger partial charge in [-0.3, -0.25) is 4.98 Å². The minimum atomic E-state index is -0.140. The van der Waals surface area contributed by atoms with Crippen LogP contribution in [-0.4, -0.2) is 23.6 Å². The summed E-state index contributed by atoms with van der Waals surface area (Å²) in [5.74, 6) is 1.37. The van der Waals surface area contributed by atoms with E-state index in [1.807, 2.05) is 13.0 Å². The Morgan fingerprint density at radius 3 is 2.79 bits per heavy atom. The molecule has 0 saturated heterocycles. The van der Waals surface area contributed by atoms with E-state index in [4.69, 9.17) is 9.15 Å². The van der Waals surface area contributed by atoms with E-state index in [0.29, 0.717) is 5.88 Å². The molecule has 1 atom stereocenters. The fourth-order valence-electron chi connectivity index (χ4n) is 1.97. The lowest BCUT2D eigenvalue weighted by Crippen LogP contribution is -2.25. The third-order valence-electron chi connectivity index (χ3n) is 2.92. The van der Waals surface area contributed by atoms with E-state index in [0.717, 1.165) is 30.0 Å². The first kappa shape index (κ1) is 13.5. The van der Waals surface area contributed by atoms with Crippen LogP contribution in [-0.2, 0) is 0 Å². The Kier molecular flexibility index (Phi) is 4.52. The number of furan rings is 1. The number of nitrogens with one attached hydrogen (secondary N) is 1. The van der Waals surface area contributed by atoms with Gasteiger partial charge in [0.05, 0.1) is 13.4 Å². The van der Waals surface area contributed by atoms with Gasteiger partial charge < -0.3 is 14.5 Å². The second-order valence-electron chi connectivity index (χ2n) is 4.31. The molecule has 0 aliphatic heterocycles. The first-order valence-electron chi connectivity index (χ1n) is 6.40. The molecule has 0 amide bonds. The minimum absolute atomic E-state index is 0.140. The molecule has 102 valence electrons. The molecule has 2 aromatic heterocycles. The molecule has 0 fully saturated rings. The third-order valence-corrected chi connectivity index (χ3v) is 2.92. The SMILES string of the molecule is CCCNC(c1nccnc1OC)c1occc1C. The first-order chi connectivity index (χ1) is 9.27. The predicted octanol–water partition coefficient (Wildman–Crippen LogP) is 2.48. The van der Waals surface area contributed by atoms with E-state index in [1.54, 1.807) is 25.8 Å². The number of ether oxygens (including phenoxy) is 1. The Labute approximate surface area is 113 Å². The van der Waals surface area contributed by atoms with Crippen molar-refractivity contribution in [2.24, 2.45) is 0 Å². The van der Waals surface area contributed by atoms with E-state index in [1.165, 1.54) is 0 Å². The van der Waals surface area contributed by atoms with E-state index < -0.39 is 0 Å². The summed E-state index contributed by atoms with van der Waals surface area (Å²) >= 11 is 0. The van der Waals surface area contributed by atoms with Crippen molar-refractivity contribution < 1.29 is 9.15 Å². The molecule has 2 rings (SSSR count). The molecule has 1 unspecified atom stereocenters. The van der Waals surface area contributed by atoms with Crippen molar-refractivity contribution in [3.63, 3.8) is 0 Å². The van der Waals surface area contributed by atoms with Crippen molar-refractivity contribution in [3.05, 3.63) is 41.7 Å². The molecule has 0 aromatic carbocycles. The lowest BCUT2D eigenvalue weighted by atomic mass is 10.1. The van der Waals surface area contributed by atoms with Gasteiger partial charge in [0.1, 0.15) is 17.5 Å². The van der Waals surface area contributed by atoms with Gasteiger partial charge in [-0.25, -0.2) is 4.98 Å². The van der Waals surface area contributed by atoms with Crippen LogP contribution in [0.4, 0.5) is 0 Å². The molecule has 5 heteroatoms. The maximum absolute atomic E-state index is 5.59. The first-order valence-corrected chi connectivity index (χ1v) is 6.40. The molecule has 19 heavy (non-hydrogen) atoms. The van der Waals surface area contributed by atoms with Crippen LogP contribution in [0.5, 0.6) is 5.88 Å². The smallest absolute Gasteiger partial charge is 0.237 e. The maximum atomic E-state index is 5.59. The molecule has 5 nitrogen and oxygen atoms in total. The molecule has 2 aromatic rings. The summed E-state index contributed by atoms with van der Waals surface area (Å²) in [4.78, 5) is 8.59. The quantitative estimate of drug-likeness (QED) is 0.865. The Bertz CT molecular complexity index is 525. The van der Waals surface area contributed by atoms with Crippen molar-refractivity contribution in [2.75, 3.05) is 13.7 Å². The molecule has 1 N–H and O–H groups in total. The summed E-state index contributed by atoms with van der Waals surface area (Å²) in [5.41, 5.74) is 1.83. The van der Waals surface area contributed by atoms with Crippen molar-refractivity contribution in [3.8, 4) is 5.88 Å². The maximum Gasteiger partial charge on any atom is 0.237 e. The Hall–Kier alpha value is -1.88. The Morgan fingerprint density at radius 1 is 1.37 bits per heavy atom. The van der Waals surface area contributed by atoms with Crippen LogP contribution in [0.25, 0.3) is 0 Å². The summed E-state index contributed by atoms with van der Waals surface area (Å²) in [6, 6.07) is 1.80. The molecular formula is C14H19N3O2. The third kappa shape index (κ3) is 2.93. The van der Waals surface area contributed by atoms with E-state index in [2.05, 4.69) is 22.2 Å². The second-order valence-corrected chi connectivity index (χ2v) is 4.31. The normalized spacial score (nSPS) is 12.4. The van der Waals surface area contributed by atoms with Crippen molar-refractivity contribution in [2.45, 2.75) is 26.3 Å². The highest BCUT2D eigenvalue weighted by Crippen LogP contribution is 2.28. The van der Waals surface area contributed by atoms with Gasteiger partial charge in [-0.2, -0.15) is 0 Å². The Morgan fingerprint density at radius 2 is 2.16 bits per heavy atom. The van der Waals surface area contributed by atoms with Crippen LogP contribution in [0.15, 0.2) is 29.1 Å². The minimum Gasteiger partial charge on any atom is -0.480 e. The van der Waals surface area contributed by atoms with Crippen LogP contribution in [0, 0.1) is 6.92 Å². The fraction of sp³-hybridized carbons (Fsp3) is 0.429. The second kappa shape index (κ2) is 6.33. The average Bonchev–Trinajstić information content (AvgIpc) is 2.86. The van der Waals surface area contributed by atoms with Crippen LogP contribution in [0.3, 0.4) is 0 Å². The zero-order valence-corrected chi connectivity index (χ0v) is 11.5. The topological polar surface area (TPSA) is 60.2 Å². The summed E-state index contributed by atoms with van der Waals surface area (Å²) in [6.45, 7) is 5.00. The van der Waals surface area contributed by atoms with Gasteiger partial charge in [0, 0.05) is 12.4 Å². The average molecular weight is 261 g/mol. The number of aryl methyl sites for hydroxylation is 1. The molecule has 0 aliphatic rings. The molecule has 0 radical (unpaired) electrons. The van der Waals surface area contributed by atoms with Gasteiger partial charge in [0.25, 0.3) is 0 Å². The van der Waals surface area contributed by atoms with Gasteiger partial charge in [-0.05, 0) is 31.5 Å².